The molecule has 1 fully saturated rings. The molecule has 0 radical (unpaired) electrons. The molecule has 2 atom stereocenters. The first-order valence-electron chi connectivity index (χ1n) is 6.47. The molecule has 0 aromatic carbocycles. The molecular formula is C14H22N2O. The monoisotopic (exact) mass is 234 g/mol. The van der Waals surface area contributed by atoms with Crippen molar-refractivity contribution in [3.8, 4) is 0 Å². The second-order valence-corrected chi connectivity index (χ2v) is 5.10. The van der Waals surface area contributed by atoms with E-state index in [0.29, 0.717) is 6.04 Å². The summed E-state index contributed by atoms with van der Waals surface area (Å²) >= 11 is 0. The average molecular weight is 234 g/mol. The highest BCUT2D eigenvalue weighted by atomic mass is 16.3. The smallest absolute Gasteiger partial charge is 0.0695 e. The number of aryl methyl sites for hydroxylation is 1. The van der Waals surface area contributed by atoms with E-state index < -0.39 is 0 Å². The highest BCUT2D eigenvalue weighted by Gasteiger charge is 2.26. The van der Waals surface area contributed by atoms with Gasteiger partial charge in [0.25, 0.3) is 0 Å². The minimum atomic E-state index is -0.169. The highest BCUT2D eigenvalue weighted by molar-refractivity contribution is 5.17. The lowest BCUT2D eigenvalue weighted by atomic mass is 9.91. The minimum absolute atomic E-state index is 0.169. The molecule has 1 aliphatic carbocycles. The number of aliphatic hydroxyl groups is 1. The molecule has 2 unspecified atom stereocenters. The number of pyridine rings is 1. The van der Waals surface area contributed by atoms with Crippen molar-refractivity contribution in [3.63, 3.8) is 0 Å². The molecule has 3 nitrogen and oxygen atoms in total. The first-order valence-corrected chi connectivity index (χ1v) is 6.47. The Morgan fingerprint density at radius 2 is 2.18 bits per heavy atom. The van der Waals surface area contributed by atoms with Gasteiger partial charge in [-0.1, -0.05) is 18.9 Å². The van der Waals surface area contributed by atoms with Crippen LogP contribution in [0.15, 0.2) is 18.3 Å². The fourth-order valence-corrected chi connectivity index (χ4v) is 2.64. The Balaban J connectivity index is 2.01. The number of hydrogen-bond acceptors (Lipinski definition) is 3. The van der Waals surface area contributed by atoms with E-state index in [1.807, 2.05) is 12.3 Å². The summed E-state index contributed by atoms with van der Waals surface area (Å²) < 4.78 is 0. The summed E-state index contributed by atoms with van der Waals surface area (Å²) in [7, 11) is 2.09. The lowest BCUT2D eigenvalue weighted by Crippen LogP contribution is -2.43. The molecule has 1 saturated carbocycles. The molecule has 1 aromatic rings. The van der Waals surface area contributed by atoms with Crippen LogP contribution in [0.4, 0.5) is 0 Å². The van der Waals surface area contributed by atoms with Crippen LogP contribution >= 0.6 is 0 Å². The van der Waals surface area contributed by atoms with Crippen molar-refractivity contribution in [2.75, 3.05) is 7.05 Å². The number of nitrogens with zero attached hydrogens (tertiary/aromatic N) is 2. The Morgan fingerprint density at radius 3 is 2.88 bits per heavy atom. The number of hydrogen-bond donors (Lipinski definition) is 1. The first kappa shape index (κ1) is 12.5. The van der Waals surface area contributed by atoms with Gasteiger partial charge in [-0.05, 0) is 38.4 Å². The summed E-state index contributed by atoms with van der Waals surface area (Å²) in [4.78, 5) is 6.66. The van der Waals surface area contributed by atoms with E-state index in [1.165, 1.54) is 12.0 Å². The van der Waals surface area contributed by atoms with Crippen LogP contribution in [0.25, 0.3) is 0 Å². The zero-order valence-electron chi connectivity index (χ0n) is 10.8. The van der Waals surface area contributed by atoms with Crippen molar-refractivity contribution in [2.24, 2.45) is 0 Å². The fourth-order valence-electron chi connectivity index (χ4n) is 2.64. The van der Waals surface area contributed by atoms with Crippen LogP contribution in [0.2, 0.25) is 0 Å². The van der Waals surface area contributed by atoms with Gasteiger partial charge in [-0.15, -0.1) is 0 Å². The van der Waals surface area contributed by atoms with Crippen molar-refractivity contribution in [1.82, 2.24) is 9.88 Å². The van der Waals surface area contributed by atoms with Gasteiger partial charge in [0.2, 0.25) is 0 Å². The van der Waals surface area contributed by atoms with Crippen molar-refractivity contribution < 1.29 is 5.11 Å². The van der Waals surface area contributed by atoms with Crippen LogP contribution in [0.1, 0.15) is 36.9 Å². The van der Waals surface area contributed by atoms with Crippen molar-refractivity contribution in [3.05, 3.63) is 29.6 Å². The first-order chi connectivity index (χ1) is 8.18. The van der Waals surface area contributed by atoms with Gasteiger partial charge in [0.1, 0.15) is 0 Å². The third-order valence-electron chi connectivity index (χ3n) is 3.78. The van der Waals surface area contributed by atoms with E-state index >= 15 is 0 Å². The van der Waals surface area contributed by atoms with Crippen molar-refractivity contribution in [2.45, 2.75) is 51.3 Å². The minimum Gasteiger partial charge on any atom is -0.391 e. The summed E-state index contributed by atoms with van der Waals surface area (Å²) in [5, 5.41) is 10.0. The molecule has 94 valence electrons. The van der Waals surface area contributed by atoms with Crippen LogP contribution < -0.4 is 0 Å². The summed E-state index contributed by atoms with van der Waals surface area (Å²) in [5.41, 5.74) is 2.34. The Morgan fingerprint density at radius 1 is 1.41 bits per heavy atom. The molecule has 1 aliphatic rings. The molecule has 0 bridgehead atoms. The van der Waals surface area contributed by atoms with E-state index in [2.05, 4.69) is 29.9 Å². The van der Waals surface area contributed by atoms with Crippen LogP contribution in [-0.2, 0) is 6.54 Å². The van der Waals surface area contributed by atoms with Gasteiger partial charge >= 0.3 is 0 Å². The predicted octanol–water partition coefficient (Wildman–Crippen LogP) is 2.13. The lowest BCUT2D eigenvalue weighted by molar-refractivity contribution is 0.0282. The molecule has 0 saturated heterocycles. The molecule has 17 heavy (non-hydrogen) atoms. The largest absolute Gasteiger partial charge is 0.391 e. The Labute approximate surface area is 103 Å². The summed E-state index contributed by atoms with van der Waals surface area (Å²) in [5.74, 6) is 0. The topological polar surface area (TPSA) is 36.4 Å². The van der Waals surface area contributed by atoms with E-state index in [1.54, 1.807) is 0 Å². The van der Waals surface area contributed by atoms with E-state index in [-0.39, 0.29) is 6.10 Å². The average Bonchev–Trinajstić information content (AvgIpc) is 2.32. The zero-order chi connectivity index (χ0) is 12.3. The normalized spacial score (nSPS) is 25.2. The maximum absolute atomic E-state index is 10.0. The summed E-state index contributed by atoms with van der Waals surface area (Å²) in [6.07, 6.45) is 6.10. The maximum atomic E-state index is 10.0. The highest BCUT2D eigenvalue weighted by Crippen LogP contribution is 2.23. The molecule has 1 N–H and O–H groups in total. The fraction of sp³-hybridized carbons (Fsp3) is 0.643. The number of aromatic nitrogens is 1. The maximum Gasteiger partial charge on any atom is 0.0695 e. The van der Waals surface area contributed by atoms with Gasteiger partial charge in [-0.2, -0.15) is 0 Å². The van der Waals surface area contributed by atoms with Crippen molar-refractivity contribution >= 4 is 0 Å². The summed E-state index contributed by atoms with van der Waals surface area (Å²) in [6.45, 7) is 2.92. The van der Waals surface area contributed by atoms with Gasteiger partial charge < -0.3 is 5.11 Å². The Bertz CT molecular complexity index is 367. The predicted molar refractivity (Wildman–Crippen MR) is 68.7 cm³/mol. The molecule has 0 aliphatic heterocycles. The van der Waals surface area contributed by atoms with E-state index in [0.717, 1.165) is 31.5 Å². The van der Waals surface area contributed by atoms with Crippen LogP contribution in [0.5, 0.6) is 0 Å². The second kappa shape index (κ2) is 5.61. The molecule has 0 amide bonds. The quantitative estimate of drug-likeness (QED) is 0.870. The molecule has 2 rings (SSSR count). The van der Waals surface area contributed by atoms with Crippen LogP contribution in [0.3, 0.4) is 0 Å². The molecule has 1 aromatic heterocycles. The van der Waals surface area contributed by atoms with Crippen LogP contribution in [-0.4, -0.2) is 34.2 Å². The number of likely N-dealkylation sites (N-methyl/N-ethyl adjacent to an activating group) is 1. The van der Waals surface area contributed by atoms with Gasteiger partial charge in [0, 0.05) is 18.8 Å². The standard InChI is InChI=1S/C14H22N2O/c1-11-6-5-9-15-12(11)10-16(2)13-7-3-4-8-14(13)17/h5-6,9,13-14,17H,3-4,7-8,10H2,1-2H3. The second-order valence-electron chi connectivity index (χ2n) is 5.10. The summed E-state index contributed by atoms with van der Waals surface area (Å²) in [6, 6.07) is 4.35. The number of aliphatic hydroxyl groups excluding tert-OH is 1. The van der Waals surface area contributed by atoms with Crippen molar-refractivity contribution in [1.29, 1.82) is 0 Å². The Hall–Kier alpha value is -0.930. The van der Waals surface area contributed by atoms with Crippen LogP contribution in [0, 0.1) is 6.92 Å². The van der Waals surface area contributed by atoms with E-state index in [9.17, 15) is 5.11 Å². The zero-order valence-corrected chi connectivity index (χ0v) is 10.8. The molecule has 3 heteroatoms. The van der Waals surface area contributed by atoms with Gasteiger partial charge in [0.05, 0.1) is 11.8 Å². The van der Waals surface area contributed by atoms with E-state index in [4.69, 9.17) is 0 Å². The third kappa shape index (κ3) is 3.05. The molecular weight excluding hydrogens is 212 g/mol. The number of rotatable bonds is 3. The Kier molecular flexibility index (Phi) is 4.13. The van der Waals surface area contributed by atoms with Gasteiger partial charge in [-0.3, -0.25) is 9.88 Å². The van der Waals surface area contributed by atoms with Gasteiger partial charge in [0.15, 0.2) is 0 Å². The SMILES string of the molecule is Cc1cccnc1CN(C)C1CCCCC1O. The lowest BCUT2D eigenvalue weighted by Gasteiger charge is -2.35. The van der Waals surface area contributed by atoms with Gasteiger partial charge in [-0.25, -0.2) is 0 Å². The molecule has 1 heterocycles. The molecule has 0 spiro atoms. The third-order valence-corrected chi connectivity index (χ3v) is 3.78.